The Hall–Kier alpha value is -1.75. The van der Waals surface area contributed by atoms with E-state index in [9.17, 15) is 9.59 Å². The lowest BCUT2D eigenvalue weighted by atomic mass is 10.2. The molecule has 0 spiro atoms. The lowest BCUT2D eigenvalue weighted by Gasteiger charge is -2.10. The number of unbranched alkanes of at least 4 members (excludes halogenated alkanes) is 3. The molecule has 0 aliphatic heterocycles. The quantitative estimate of drug-likeness (QED) is 0.687. The van der Waals surface area contributed by atoms with E-state index in [1.165, 1.54) is 18.6 Å². The number of halogens is 1. The third-order valence-electron chi connectivity index (χ3n) is 2.92. The van der Waals surface area contributed by atoms with Crippen molar-refractivity contribution < 1.29 is 14.3 Å². The molecule has 0 radical (unpaired) electrons. The first-order valence-electron chi connectivity index (χ1n) is 7.03. The van der Waals surface area contributed by atoms with Crippen LogP contribution in [0.4, 0.5) is 0 Å². The van der Waals surface area contributed by atoms with E-state index in [0.29, 0.717) is 11.6 Å². The van der Waals surface area contributed by atoms with Crippen LogP contribution in [-0.2, 0) is 4.79 Å². The standard InChI is InChI=1S/C15H21ClN2O3/c1-2-3-4-5-8-18-14(19)10-21-13-7-6-11(16)9-12(13)15(17)20/h6-7,9H,2-5,8,10H2,1H3,(H2,17,20)(H,18,19). The summed E-state index contributed by atoms with van der Waals surface area (Å²) < 4.78 is 5.32. The van der Waals surface area contributed by atoms with Crippen LogP contribution >= 0.6 is 11.6 Å². The third kappa shape index (κ3) is 6.49. The van der Waals surface area contributed by atoms with E-state index in [1.807, 2.05) is 0 Å². The van der Waals surface area contributed by atoms with E-state index >= 15 is 0 Å². The van der Waals surface area contributed by atoms with Crippen LogP contribution in [0, 0.1) is 0 Å². The first-order chi connectivity index (χ1) is 10.0. The lowest BCUT2D eigenvalue weighted by Crippen LogP contribution is -2.30. The van der Waals surface area contributed by atoms with Crippen molar-refractivity contribution in [2.45, 2.75) is 32.6 Å². The molecular formula is C15H21ClN2O3. The second kappa shape index (κ2) is 9.23. The topological polar surface area (TPSA) is 81.4 Å². The van der Waals surface area contributed by atoms with Gasteiger partial charge < -0.3 is 15.8 Å². The Morgan fingerprint density at radius 3 is 2.71 bits per heavy atom. The van der Waals surface area contributed by atoms with Crippen molar-refractivity contribution in [2.24, 2.45) is 5.73 Å². The first kappa shape index (κ1) is 17.3. The molecule has 0 atom stereocenters. The predicted molar refractivity (Wildman–Crippen MR) is 82.6 cm³/mol. The monoisotopic (exact) mass is 312 g/mol. The Labute approximate surface area is 129 Å². The van der Waals surface area contributed by atoms with Gasteiger partial charge in [0.1, 0.15) is 5.75 Å². The Balaban J connectivity index is 2.41. The molecule has 0 aliphatic rings. The fourth-order valence-corrected chi connectivity index (χ4v) is 1.97. The molecule has 6 heteroatoms. The van der Waals surface area contributed by atoms with Gasteiger partial charge in [0.2, 0.25) is 0 Å². The van der Waals surface area contributed by atoms with Crippen molar-refractivity contribution in [1.29, 1.82) is 0 Å². The molecule has 0 aromatic heterocycles. The van der Waals surface area contributed by atoms with E-state index in [-0.39, 0.29) is 23.8 Å². The molecule has 0 saturated carbocycles. The normalized spacial score (nSPS) is 10.2. The van der Waals surface area contributed by atoms with E-state index in [0.717, 1.165) is 19.3 Å². The first-order valence-corrected chi connectivity index (χ1v) is 7.41. The number of nitrogens with two attached hydrogens (primary N) is 1. The molecule has 0 aliphatic carbocycles. The largest absolute Gasteiger partial charge is 0.483 e. The van der Waals surface area contributed by atoms with Crippen molar-refractivity contribution in [1.82, 2.24) is 5.32 Å². The summed E-state index contributed by atoms with van der Waals surface area (Å²) >= 11 is 5.79. The molecule has 21 heavy (non-hydrogen) atoms. The number of primary amides is 1. The molecule has 0 fully saturated rings. The number of rotatable bonds is 9. The van der Waals surface area contributed by atoms with Gasteiger partial charge in [-0.25, -0.2) is 0 Å². The average molecular weight is 313 g/mol. The molecule has 5 nitrogen and oxygen atoms in total. The summed E-state index contributed by atoms with van der Waals surface area (Å²) in [6.07, 6.45) is 4.37. The van der Waals surface area contributed by atoms with Gasteiger partial charge in [0.15, 0.2) is 6.61 Å². The smallest absolute Gasteiger partial charge is 0.257 e. The van der Waals surface area contributed by atoms with Crippen LogP contribution in [0.5, 0.6) is 5.75 Å². The molecule has 1 aromatic rings. The highest BCUT2D eigenvalue weighted by Gasteiger charge is 2.11. The van der Waals surface area contributed by atoms with Crippen LogP contribution < -0.4 is 15.8 Å². The van der Waals surface area contributed by atoms with Gasteiger partial charge in [0.25, 0.3) is 11.8 Å². The van der Waals surface area contributed by atoms with E-state index in [1.54, 1.807) is 6.07 Å². The summed E-state index contributed by atoms with van der Waals surface area (Å²) in [6, 6.07) is 4.52. The van der Waals surface area contributed by atoms with Gasteiger partial charge in [-0.05, 0) is 24.6 Å². The van der Waals surface area contributed by atoms with Gasteiger partial charge in [0, 0.05) is 11.6 Å². The number of nitrogens with one attached hydrogen (secondary N) is 1. The van der Waals surface area contributed by atoms with E-state index < -0.39 is 5.91 Å². The van der Waals surface area contributed by atoms with Crippen LogP contribution in [-0.4, -0.2) is 25.0 Å². The Morgan fingerprint density at radius 2 is 2.05 bits per heavy atom. The highest BCUT2D eigenvalue weighted by molar-refractivity contribution is 6.31. The summed E-state index contributed by atoms with van der Waals surface area (Å²) in [5, 5.41) is 3.15. The molecule has 0 heterocycles. The van der Waals surface area contributed by atoms with Gasteiger partial charge in [0.05, 0.1) is 5.56 Å². The summed E-state index contributed by atoms with van der Waals surface area (Å²) in [7, 11) is 0. The zero-order valence-electron chi connectivity index (χ0n) is 12.2. The molecule has 1 rings (SSSR count). The minimum Gasteiger partial charge on any atom is -0.483 e. The summed E-state index contributed by atoms with van der Waals surface area (Å²) in [5.41, 5.74) is 5.40. The second-order valence-corrected chi connectivity index (χ2v) is 5.14. The fourth-order valence-electron chi connectivity index (χ4n) is 1.79. The lowest BCUT2D eigenvalue weighted by molar-refractivity contribution is -0.123. The molecular weight excluding hydrogens is 292 g/mol. The fraction of sp³-hybridized carbons (Fsp3) is 0.467. The van der Waals surface area contributed by atoms with Gasteiger partial charge in [-0.1, -0.05) is 37.8 Å². The number of benzene rings is 1. The molecule has 0 saturated heterocycles. The van der Waals surface area contributed by atoms with Crippen LogP contribution in [0.15, 0.2) is 18.2 Å². The number of hydrogen-bond donors (Lipinski definition) is 2. The second-order valence-electron chi connectivity index (χ2n) is 4.70. The average Bonchev–Trinajstić information content (AvgIpc) is 2.45. The molecule has 1 aromatic carbocycles. The van der Waals surface area contributed by atoms with Crippen molar-refractivity contribution in [3.63, 3.8) is 0 Å². The van der Waals surface area contributed by atoms with Gasteiger partial charge in [-0.15, -0.1) is 0 Å². The van der Waals surface area contributed by atoms with Crippen molar-refractivity contribution in [2.75, 3.05) is 13.2 Å². The Bertz CT molecular complexity index is 492. The summed E-state index contributed by atoms with van der Waals surface area (Å²) in [4.78, 5) is 22.9. The minimum atomic E-state index is -0.646. The molecule has 116 valence electrons. The van der Waals surface area contributed by atoms with E-state index in [2.05, 4.69) is 12.2 Å². The van der Waals surface area contributed by atoms with Gasteiger partial charge in [-0.3, -0.25) is 9.59 Å². The number of ether oxygens (including phenoxy) is 1. The maximum atomic E-state index is 11.6. The van der Waals surface area contributed by atoms with Crippen LogP contribution in [0.1, 0.15) is 43.0 Å². The molecule has 3 N–H and O–H groups in total. The summed E-state index contributed by atoms with van der Waals surface area (Å²) in [5.74, 6) is -0.614. The van der Waals surface area contributed by atoms with Gasteiger partial charge >= 0.3 is 0 Å². The van der Waals surface area contributed by atoms with Crippen LogP contribution in [0.2, 0.25) is 5.02 Å². The number of carbonyl (C=O) groups excluding carboxylic acids is 2. The highest BCUT2D eigenvalue weighted by atomic mass is 35.5. The van der Waals surface area contributed by atoms with Gasteiger partial charge in [-0.2, -0.15) is 0 Å². The Morgan fingerprint density at radius 1 is 1.29 bits per heavy atom. The zero-order valence-corrected chi connectivity index (χ0v) is 12.9. The number of amides is 2. The summed E-state index contributed by atoms with van der Waals surface area (Å²) in [6.45, 7) is 2.61. The van der Waals surface area contributed by atoms with Crippen molar-refractivity contribution >= 4 is 23.4 Å². The number of carbonyl (C=O) groups is 2. The minimum absolute atomic E-state index is 0.157. The van der Waals surface area contributed by atoms with Crippen LogP contribution in [0.3, 0.4) is 0 Å². The molecule has 0 bridgehead atoms. The van der Waals surface area contributed by atoms with Crippen LogP contribution in [0.25, 0.3) is 0 Å². The highest BCUT2D eigenvalue weighted by Crippen LogP contribution is 2.22. The maximum Gasteiger partial charge on any atom is 0.257 e. The van der Waals surface area contributed by atoms with Crippen molar-refractivity contribution in [3.05, 3.63) is 28.8 Å². The van der Waals surface area contributed by atoms with E-state index in [4.69, 9.17) is 22.1 Å². The predicted octanol–water partition coefficient (Wildman–Crippen LogP) is 2.51. The molecule has 2 amide bonds. The number of hydrogen-bond acceptors (Lipinski definition) is 3. The maximum absolute atomic E-state index is 11.6. The SMILES string of the molecule is CCCCCCNC(=O)COc1ccc(Cl)cc1C(N)=O. The van der Waals surface area contributed by atoms with Crippen molar-refractivity contribution in [3.8, 4) is 5.75 Å². The third-order valence-corrected chi connectivity index (χ3v) is 3.15. The Kier molecular flexibility index (Phi) is 7.61. The zero-order chi connectivity index (χ0) is 15.7. The molecule has 0 unspecified atom stereocenters.